The van der Waals surface area contributed by atoms with Gasteiger partial charge >= 0.3 is 0 Å². The maximum absolute atomic E-state index is 12.8. The quantitative estimate of drug-likeness (QED) is 0.487. The second-order valence-corrected chi connectivity index (χ2v) is 9.65. The number of carbonyl (C=O) groups is 1. The monoisotopic (exact) mass is 458 g/mol. The van der Waals surface area contributed by atoms with Gasteiger partial charge in [-0.2, -0.15) is 0 Å². The van der Waals surface area contributed by atoms with Crippen molar-refractivity contribution in [3.8, 4) is 5.69 Å². The third-order valence-corrected chi connectivity index (χ3v) is 7.37. The Labute approximate surface area is 198 Å². The number of furan rings is 1. The topological polar surface area (TPSA) is 72.5 Å². The highest BCUT2D eigenvalue weighted by Gasteiger charge is 2.30. The maximum atomic E-state index is 12.8. The number of benzene rings is 2. The molecule has 0 aliphatic carbocycles. The van der Waals surface area contributed by atoms with Crippen LogP contribution < -0.4 is 10.2 Å². The van der Waals surface area contributed by atoms with Crippen molar-refractivity contribution in [3.63, 3.8) is 0 Å². The molecule has 1 atom stereocenters. The smallest absolute Gasteiger partial charge is 0.223 e. The zero-order chi connectivity index (χ0) is 23.2. The number of nitrogens with zero attached hydrogens (tertiary/aromatic N) is 3. The summed E-state index contributed by atoms with van der Waals surface area (Å²) in [5, 5.41) is 4.25. The maximum Gasteiger partial charge on any atom is 0.223 e. The van der Waals surface area contributed by atoms with E-state index >= 15 is 0 Å². The molecule has 2 saturated heterocycles. The van der Waals surface area contributed by atoms with E-state index in [0.29, 0.717) is 6.61 Å². The highest BCUT2D eigenvalue weighted by molar-refractivity contribution is 5.86. The number of amides is 1. The molecule has 0 spiro atoms. The van der Waals surface area contributed by atoms with Gasteiger partial charge in [0.2, 0.25) is 11.9 Å². The number of nitrogens with one attached hydrogen (secondary N) is 1. The van der Waals surface area contributed by atoms with Crippen LogP contribution in [0.2, 0.25) is 0 Å². The average molecular weight is 459 g/mol. The normalized spacial score (nSPS) is 19.4. The minimum atomic E-state index is 0.0430. The Balaban J connectivity index is 1.32. The van der Waals surface area contributed by atoms with Crippen LogP contribution in [0.1, 0.15) is 30.4 Å². The summed E-state index contributed by atoms with van der Waals surface area (Å²) in [7, 11) is 0. The minimum absolute atomic E-state index is 0.0430. The van der Waals surface area contributed by atoms with Gasteiger partial charge in [0.15, 0.2) is 0 Å². The summed E-state index contributed by atoms with van der Waals surface area (Å²) in [5.74, 6) is 1.15. The minimum Gasteiger partial charge on any atom is -0.464 e. The lowest BCUT2D eigenvalue weighted by Gasteiger charge is -2.32. The molecule has 1 unspecified atom stereocenters. The van der Waals surface area contributed by atoms with Crippen molar-refractivity contribution in [2.45, 2.75) is 39.2 Å². The Morgan fingerprint density at radius 2 is 1.88 bits per heavy atom. The van der Waals surface area contributed by atoms with Crippen LogP contribution in [0.4, 0.5) is 5.95 Å². The summed E-state index contributed by atoms with van der Waals surface area (Å²) in [6.45, 7) is 7.25. The van der Waals surface area contributed by atoms with E-state index in [4.69, 9.17) is 14.1 Å². The molecule has 1 amide bonds. The van der Waals surface area contributed by atoms with Crippen LogP contribution in [0.3, 0.4) is 0 Å². The van der Waals surface area contributed by atoms with Gasteiger partial charge in [-0.3, -0.25) is 9.36 Å². The Morgan fingerprint density at radius 1 is 1.06 bits per heavy atom. The third-order valence-electron chi connectivity index (χ3n) is 7.37. The molecular formula is C27H30N4O3. The predicted octanol–water partition coefficient (Wildman–Crippen LogP) is 4.51. The molecule has 2 aromatic carbocycles. The van der Waals surface area contributed by atoms with Gasteiger partial charge in [0, 0.05) is 36.7 Å². The number of carbonyl (C=O) groups excluding carboxylic acids is 1. The molecule has 6 rings (SSSR count). The first kappa shape index (κ1) is 21.2. The molecule has 176 valence electrons. The van der Waals surface area contributed by atoms with Crippen molar-refractivity contribution in [2.24, 2.45) is 5.92 Å². The number of rotatable bonds is 4. The Morgan fingerprint density at radius 3 is 2.68 bits per heavy atom. The lowest BCUT2D eigenvalue weighted by molar-refractivity contribution is -0.126. The second kappa shape index (κ2) is 8.47. The number of anilines is 1. The molecule has 1 N–H and O–H groups in total. The van der Waals surface area contributed by atoms with E-state index in [2.05, 4.69) is 52.9 Å². The first-order chi connectivity index (χ1) is 16.6. The van der Waals surface area contributed by atoms with Gasteiger partial charge in [-0.05, 0) is 80.6 Å². The summed E-state index contributed by atoms with van der Waals surface area (Å²) in [5.41, 5.74) is 6.52. The number of fused-ring (bicyclic) bond motifs is 2. The summed E-state index contributed by atoms with van der Waals surface area (Å²) in [4.78, 5) is 20.2. The summed E-state index contributed by atoms with van der Waals surface area (Å²) in [6.07, 6.45) is 4.28. The highest BCUT2D eigenvalue weighted by Crippen LogP contribution is 2.33. The standard InChI is InChI=1S/C27H30N4O3/c1-17-13-23-24(14-18(17)2)31(22-3-4-25-20(15-22)7-12-34-25)27(29-23)30-9-5-19(6-10-30)26(32)28-21-8-11-33-16-21/h3-4,7,12-15,19,21H,5-6,8-11,16H2,1-2H3,(H,28,32). The fourth-order valence-electron chi connectivity index (χ4n) is 5.19. The van der Waals surface area contributed by atoms with Crippen molar-refractivity contribution in [1.29, 1.82) is 0 Å². The van der Waals surface area contributed by atoms with E-state index in [-0.39, 0.29) is 17.9 Å². The lowest BCUT2D eigenvalue weighted by atomic mass is 9.95. The number of ether oxygens (including phenoxy) is 1. The number of aromatic nitrogens is 2. The van der Waals surface area contributed by atoms with E-state index < -0.39 is 0 Å². The van der Waals surface area contributed by atoms with Crippen LogP contribution in [0.5, 0.6) is 0 Å². The fraction of sp³-hybridized carbons (Fsp3) is 0.407. The van der Waals surface area contributed by atoms with E-state index in [9.17, 15) is 4.79 Å². The highest BCUT2D eigenvalue weighted by atomic mass is 16.5. The summed E-state index contributed by atoms with van der Waals surface area (Å²) < 4.78 is 13.2. The average Bonchev–Trinajstić information content (AvgIpc) is 3.59. The molecule has 4 heterocycles. The van der Waals surface area contributed by atoms with Crippen LogP contribution in [0.15, 0.2) is 47.1 Å². The zero-order valence-electron chi connectivity index (χ0n) is 19.7. The molecule has 2 aromatic heterocycles. The summed E-state index contributed by atoms with van der Waals surface area (Å²) >= 11 is 0. The van der Waals surface area contributed by atoms with Crippen LogP contribution in [0.25, 0.3) is 27.7 Å². The van der Waals surface area contributed by atoms with E-state index in [1.54, 1.807) is 6.26 Å². The summed E-state index contributed by atoms with van der Waals surface area (Å²) in [6, 6.07) is 12.8. The number of aryl methyl sites for hydroxylation is 2. The van der Waals surface area contributed by atoms with Gasteiger partial charge < -0.3 is 19.4 Å². The second-order valence-electron chi connectivity index (χ2n) is 9.65. The first-order valence-electron chi connectivity index (χ1n) is 12.2. The Hall–Kier alpha value is -3.32. The van der Waals surface area contributed by atoms with Crippen LogP contribution >= 0.6 is 0 Å². The van der Waals surface area contributed by atoms with Crippen LogP contribution in [-0.4, -0.2) is 47.8 Å². The number of hydrogen-bond acceptors (Lipinski definition) is 5. The number of piperidine rings is 1. The fourth-order valence-corrected chi connectivity index (χ4v) is 5.19. The lowest BCUT2D eigenvalue weighted by Crippen LogP contribution is -2.44. The number of hydrogen-bond donors (Lipinski definition) is 1. The molecule has 0 bridgehead atoms. The molecular weight excluding hydrogens is 428 g/mol. The SMILES string of the molecule is Cc1cc2nc(N3CCC(C(=O)NC4CCOC4)CC3)n(-c3ccc4occc4c3)c2cc1C. The predicted molar refractivity (Wildman–Crippen MR) is 133 cm³/mol. The van der Waals surface area contributed by atoms with Crippen molar-refractivity contribution in [3.05, 3.63) is 53.8 Å². The van der Waals surface area contributed by atoms with E-state index in [1.165, 1.54) is 11.1 Å². The van der Waals surface area contributed by atoms with Crippen molar-refractivity contribution in [1.82, 2.24) is 14.9 Å². The Bertz CT molecular complexity index is 1360. The molecule has 4 aromatic rings. The van der Waals surface area contributed by atoms with Crippen molar-refractivity contribution >= 4 is 33.9 Å². The molecule has 34 heavy (non-hydrogen) atoms. The molecule has 2 aliphatic heterocycles. The molecule has 0 saturated carbocycles. The van der Waals surface area contributed by atoms with Crippen molar-refractivity contribution < 1.29 is 13.9 Å². The van der Waals surface area contributed by atoms with E-state index in [1.807, 2.05) is 12.1 Å². The largest absolute Gasteiger partial charge is 0.464 e. The molecule has 2 fully saturated rings. The third kappa shape index (κ3) is 3.74. The molecule has 7 nitrogen and oxygen atoms in total. The number of imidazole rings is 1. The van der Waals surface area contributed by atoms with Gasteiger partial charge in [0.1, 0.15) is 5.58 Å². The van der Waals surface area contributed by atoms with Gasteiger partial charge in [0.25, 0.3) is 0 Å². The first-order valence-corrected chi connectivity index (χ1v) is 12.2. The molecule has 7 heteroatoms. The van der Waals surface area contributed by atoms with Gasteiger partial charge in [-0.25, -0.2) is 4.98 Å². The van der Waals surface area contributed by atoms with Crippen LogP contribution in [-0.2, 0) is 9.53 Å². The Kier molecular flexibility index (Phi) is 5.29. The van der Waals surface area contributed by atoms with Gasteiger partial charge in [0.05, 0.1) is 29.9 Å². The zero-order valence-corrected chi connectivity index (χ0v) is 19.7. The van der Waals surface area contributed by atoms with Gasteiger partial charge in [-0.15, -0.1) is 0 Å². The van der Waals surface area contributed by atoms with E-state index in [0.717, 1.165) is 72.6 Å². The van der Waals surface area contributed by atoms with Crippen LogP contribution in [0, 0.1) is 19.8 Å². The van der Waals surface area contributed by atoms with Crippen molar-refractivity contribution in [2.75, 3.05) is 31.2 Å². The molecule has 2 aliphatic rings. The van der Waals surface area contributed by atoms with Gasteiger partial charge in [-0.1, -0.05) is 0 Å². The molecule has 0 radical (unpaired) electrons.